The first-order valence-electron chi connectivity index (χ1n) is 5.65. The minimum Gasteiger partial charge on any atom is -0.399 e. The highest BCUT2D eigenvalue weighted by molar-refractivity contribution is 5.78. The highest BCUT2D eigenvalue weighted by Crippen LogP contribution is 2.04. The lowest BCUT2D eigenvalue weighted by Gasteiger charge is -2.17. The van der Waals surface area contributed by atoms with Gasteiger partial charge in [0.15, 0.2) is 0 Å². The van der Waals surface area contributed by atoms with E-state index in [1.807, 2.05) is 31.9 Å². The summed E-state index contributed by atoms with van der Waals surface area (Å²) in [6.07, 6.45) is 1.67. The Bertz CT molecular complexity index is 379. The minimum atomic E-state index is 0.0198. The molecule has 94 valence electrons. The molecule has 0 radical (unpaired) electrons. The SMILES string of the molecule is CC(C)NC(=O)CN(C)Cc1cc(N)ccn1. The lowest BCUT2D eigenvalue weighted by molar-refractivity contribution is -0.122. The molecular weight excluding hydrogens is 216 g/mol. The van der Waals surface area contributed by atoms with E-state index in [0.717, 1.165) is 5.69 Å². The van der Waals surface area contributed by atoms with Crippen LogP contribution in [0, 0.1) is 0 Å². The van der Waals surface area contributed by atoms with E-state index >= 15 is 0 Å². The molecule has 0 spiro atoms. The number of anilines is 1. The molecule has 1 amide bonds. The Morgan fingerprint density at radius 3 is 2.88 bits per heavy atom. The summed E-state index contributed by atoms with van der Waals surface area (Å²) in [5.74, 6) is 0.0198. The Hall–Kier alpha value is -1.62. The molecule has 3 N–H and O–H groups in total. The molecule has 0 aliphatic rings. The minimum absolute atomic E-state index is 0.0198. The van der Waals surface area contributed by atoms with Crippen LogP contribution in [0.4, 0.5) is 5.69 Å². The van der Waals surface area contributed by atoms with Gasteiger partial charge in [0, 0.05) is 24.5 Å². The van der Waals surface area contributed by atoms with E-state index in [2.05, 4.69) is 10.3 Å². The van der Waals surface area contributed by atoms with E-state index < -0.39 is 0 Å². The maximum atomic E-state index is 11.5. The van der Waals surface area contributed by atoms with Crippen molar-refractivity contribution in [1.82, 2.24) is 15.2 Å². The molecule has 0 aromatic carbocycles. The number of hydrogen-bond acceptors (Lipinski definition) is 4. The predicted octanol–water partition coefficient (Wildman–Crippen LogP) is 0.620. The lowest BCUT2D eigenvalue weighted by atomic mass is 10.3. The van der Waals surface area contributed by atoms with Crippen LogP contribution in [0.5, 0.6) is 0 Å². The number of carbonyl (C=O) groups excluding carboxylic acids is 1. The van der Waals surface area contributed by atoms with E-state index in [1.165, 1.54) is 0 Å². The maximum absolute atomic E-state index is 11.5. The average Bonchev–Trinajstić information content (AvgIpc) is 2.14. The van der Waals surface area contributed by atoms with E-state index in [1.54, 1.807) is 12.3 Å². The number of likely N-dealkylation sites (N-methyl/N-ethyl adjacent to an activating group) is 1. The van der Waals surface area contributed by atoms with Gasteiger partial charge in [-0.3, -0.25) is 14.7 Å². The number of amides is 1. The van der Waals surface area contributed by atoms with Gasteiger partial charge in [-0.25, -0.2) is 0 Å². The van der Waals surface area contributed by atoms with Crippen molar-refractivity contribution in [3.05, 3.63) is 24.0 Å². The van der Waals surface area contributed by atoms with Gasteiger partial charge in [0.1, 0.15) is 0 Å². The molecule has 0 unspecified atom stereocenters. The third kappa shape index (κ3) is 5.31. The van der Waals surface area contributed by atoms with Gasteiger partial charge in [-0.05, 0) is 33.0 Å². The quantitative estimate of drug-likeness (QED) is 0.786. The van der Waals surface area contributed by atoms with E-state index in [4.69, 9.17) is 5.73 Å². The fraction of sp³-hybridized carbons (Fsp3) is 0.500. The Labute approximate surface area is 102 Å². The number of nitrogen functional groups attached to an aromatic ring is 1. The van der Waals surface area contributed by atoms with Crippen molar-refractivity contribution in [3.8, 4) is 0 Å². The first-order valence-corrected chi connectivity index (χ1v) is 5.65. The zero-order valence-corrected chi connectivity index (χ0v) is 10.6. The number of aromatic nitrogens is 1. The third-order valence-electron chi connectivity index (χ3n) is 2.14. The normalized spacial score (nSPS) is 10.9. The van der Waals surface area contributed by atoms with Gasteiger partial charge in [0.05, 0.1) is 12.2 Å². The van der Waals surface area contributed by atoms with Crippen LogP contribution in [-0.2, 0) is 11.3 Å². The monoisotopic (exact) mass is 236 g/mol. The van der Waals surface area contributed by atoms with Crippen molar-refractivity contribution in [2.45, 2.75) is 26.4 Å². The van der Waals surface area contributed by atoms with Gasteiger partial charge < -0.3 is 11.1 Å². The standard InChI is InChI=1S/C12H20N4O/c1-9(2)15-12(17)8-16(3)7-11-6-10(13)4-5-14-11/h4-6,9H,7-8H2,1-3H3,(H2,13,14)(H,15,17). The Kier molecular flexibility index (Phi) is 4.90. The van der Waals surface area contributed by atoms with Crippen molar-refractivity contribution in [1.29, 1.82) is 0 Å². The molecule has 0 atom stereocenters. The van der Waals surface area contributed by atoms with Crippen LogP contribution in [0.25, 0.3) is 0 Å². The van der Waals surface area contributed by atoms with Gasteiger partial charge in [-0.2, -0.15) is 0 Å². The molecule has 5 nitrogen and oxygen atoms in total. The first-order chi connectivity index (χ1) is 7.97. The number of nitrogens with zero attached hydrogens (tertiary/aromatic N) is 2. The molecule has 1 heterocycles. The molecule has 17 heavy (non-hydrogen) atoms. The van der Waals surface area contributed by atoms with E-state index in [-0.39, 0.29) is 11.9 Å². The van der Waals surface area contributed by atoms with Gasteiger partial charge in [-0.1, -0.05) is 0 Å². The van der Waals surface area contributed by atoms with Crippen LogP contribution < -0.4 is 11.1 Å². The van der Waals surface area contributed by atoms with E-state index in [0.29, 0.717) is 18.8 Å². The smallest absolute Gasteiger partial charge is 0.234 e. The Morgan fingerprint density at radius 2 is 2.29 bits per heavy atom. The number of pyridine rings is 1. The molecule has 0 saturated heterocycles. The van der Waals surface area contributed by atoms with Crippen molar-refractivity contribution >= 4 is 11.6 Å². The first kappa shape index (κ1) is 13.4. The molecular formula is C12H20N4O. The number of rotatable bonds is 5. The largest absolute Gasteiger partial charge is 0.399 e. The Morgan fingerprint density at radius 1 is 1.59 bits per heavy atom. The summed E-state index contributed by atoms with van der Waals surface area (Å²) in [5, 5.41) is 2.85. The second-order valence-corrected chi connectivity index (χ2v) is 4.48. The highest BCUT2D eigenvalue weighted by Gasteiger charge is 2.08. The van der Waals surface area contributed by atoms with Crippen molar-refractivity contribution < 1.29 is 4.79 Å². The summed E-state index contributed by atoms with van der Waals surface area (Å²) in [6, 6.07) is 3.73. The van der Waals surface area contributed by atoms with Crippen LogP contribution in [0.15, 0.2) is 18.3 Å². The summed E-state index contributed by atoms with van der Waals surface area (Å²) in [6.45, 7) is 4.85. The fourth-order valence-electron chi connectivity index (χ4n) is 1.53. The molecule has 1 rings (SSSR count). The molecule has 0 bridgehead atoms. The van der Waals surface area contributed by atoms with Crippen molar-refractivity contribution in [2.24, 2.45) is 0 Å². The van der Waals surface area contributed by atoms with E-state index in [9.17, 15) is 4.79 Å². The summed E-state index contributed by atoms with van der Waals surface area (Å²) < 4.78 is 0. The second kappa shape index (κ2) is 6.20. The average molecular weight is 236 g/mol. The van der Waals surface area contributed by atoms with Gasteiger partial charge in [-0.15, -0.1) is 0 Å². The predicted molar refractivity (Wildman–Crippen MR) is 68.3 cm³/mol. The third-order valence-corrected chi connectivity index (χ3v) is 2.14. The summed E-state index contributed by atoms with van der Waals surface area (Å²) in [4.78, 5) is 17.6. The maximum Gasteiger partial charge on any atom is 0.234 e. The fourth-order valence-corrected chi connectivity index (χ4v) is 1.53. The lowest BCUT2D eigenvalue weighted by Crippen LogP contribution is -2.38. The molecule has 0 fully saturated rings. The zero-order chi connectivity index (χ0) is 12.8. The van der Waals surface area contributed by atoms with Crippen LogP contribution >= 0.6 is 0 Å². The highest BCUT2D eigenvalue weighted by atomic mass is 16.2. The number of nitrogens with one attached hydrogen (secondary N) is 1. The summed E-state index contributed by atoms with van der Waals surface area (Å²) in [5.41, 5.74) is 7.22. The van der Waals surface area contributed by atoms with Crippen molar-refractivity contribution in [2.75, 3.05) is 19.3 Å². The van der Waals surface area contributed by atoms with Crippen LogP contribution in [0.2, 0.25) is 0 Å². The second-order valence-electron chi connectivity index (χ2n) is 4.48. The van der Waals surface area contributed by atoms with Gasteiger partial charge in [0.25, 0.3) is 0 Å². The van der Waals surface area contributed by atoms with Gasteiger partial charge >= 0.3 is 0 Å². The van der Waals surface area contributed by atoms with Crippen LogP contribution in [0.1, 0.15) is 19.5 Å². The molecule has 0 aliphatic carbocycles. The summed E-state index contributed by atoms with van der Waals surface area (Å²) in [7, 11) is 1.88. The molecule has 1 aromatic rings. The number of nitrogens with two attached hydrogens (primary N) is 1. The zero-order valence-electron chi connectivity index (χ0n) is 10.6. The molecule has 0 saturated carbocycles. The molecule has 5 heteroatoms. The Balaban J connectivity index is 2.44. The number of carbonyl (C=O) groups is 1. The van der Waals surface area contributed by atoms with Crippen molar-refractivity contribution in [3.63, 3.8) is 0 Å². The molecule has 0 aliphatic heterocycles. The molecule has 1 aromatic heterocycles. The summed E-state index contributed by atoms with van der Waals surface area (Å²) >= 11 is 0. The van der Waals surface area contributed by atoms with Crippen LogP contribution in [0.3, 0.4) is 0 Å². The topological polar surface area (TPSA) is 71.2 Å². The van der Waals surface area contributed by atoms with Crippen LogP contribution in [-0.4, -0.2) is 35.4 Å². The van der Waals surface area contributed by atoms with Gasteiger partial charge in [0.2, 0.25) is 5.91 Å². The number of hydrogen-bond donors (Lipinski definition) is 2.